The van der Waals surface area contributed by atoms with Crippen LogP contribution in [0.2, 0.25) is 0 Å². The fourth-order valence-corrected chi connectivity index (χ4v) is 6.26. The highest BCUT2D eigenvalue weighted by atomic mass is 79.9. The number of hydrogen-bond donors (Lipinski definition) is 1. The van der Waals surface area contributed by atoms with Gasteiger partial charge in [0.2, 0.25) is 15.9 Å². The van der Waals surface area contributed by atoms with Crippen molar-refractivity contribution in [3.63, 3.8) is 0 Å². The number of rotatable bonds is 3. The number of nitrogens with one attached hydrogen (secondary N) is 1. The van der Waals surface area contributed by atoms with Crippen LogP contribution < -0.4 is 9.62 Å². The van der Waals surface area contributed by atoms with Gasteiger partial charge in [0.25, 0.3) is 0 Å². The first kappa shape index (κ1) is 18.9. The summed E-state index contributed by atoms with van der Waals surface area (Å²) < 4.78 is 29.9. The number of nitrogens with zero attached hydrogens (tertiary/aromatic N) is 1. The molecule has 0 radical (unpaired) electrons. The second-order valence-corrected chi connectivity index (χ2v) is 9.76. The van der Waals surface area contributed by atoms with Crippen LogP contribution in [0.5, 0.6) is 0 Å². The predicted molar refractivity (Wildman–Crippen MR) is 102 cm³/mol. The molecule has 1 heterocycles. The number of fused-ring (bicyclic) bond motifs is 1. The van der Waals surface area contributed by atoms with Gasteiger partial charge in [0.05, 0.1) is 5.69 Å². The summed E-state index contributed by atoms with van der Waals surface area (Å²) >= 11 is 3.43. The highest BCUT2D eigenvalue weighted by molar-refractivity contribution is 9.10. The summed E-state index contributed by atoms with van der Waals surface area (Å²) in [4.78, 5) is 13.9. The van der Waals surface area contributed by atoms with E-state index < -0.39 is 10.0 Å². The molecule has 3 rings (SSSR count). The summed E-state index contributed by atoms with van der Waals surface area (Å²) in [5.41, 5.74) is 1.45. The van der Waals surface area contributed by atoms with Crippen LogP contribution in [0.25, 0.3) is 0 Å². The first-order chi connectivity index (χ1) is 11.8. The molecule has 1 atom stereocenters. The second kappa shape index (κ2) is 7.37. The molecule has 138 valence electrons. The lowest BCUT2D eigenvalue weighted by Crippen LogP contribution is -2.37. The van der Waals surface area contributed by atoms with Gasteiger partial charge in [-0.15, -0.1) is 0 Å². The Labute approximate surface area is 158 Å². The van der Waals surface area contributed by atoms with Crippen molar-refractivity contribution in [1.29, 1.82) is 0 Å². The Bertz CT molecular complexity index is 771. The number of halogens is 1. The minimum atomic E-state index is -3.69. The molecule has 1 saturated carbocycles. The third-order valence-electron chi connectivity index (χ3n) is 5.12. The van der Waals surface area contributed by atoms with Gasteiger partial charge in [0.15, 0.2) is 0 Å². The Morgan fingerprint density at radius 1 is 1.20 bits per heavy atom. The fourth-order valence-electron chi connectivity index (χ4n) is 4.04. The lowest BCUT2D eigenvalue weighted by molar-refractivity contribution is -0.116. The minimum absolute atomic E-state index is 0.0215. The largest absolute Gasteiger partial charge is 0.308 e. The zero-order valence-corrected chi connectivity index (χ0v) is 17.1. The third-order valence-corrected chi connectivity index (χ3v) is 7.11. The SMILES string of the molecule is CC(=O)N1c2c(cc(Br)cc2S(=O)(=O)NC2CCCCCC2)CC1C. The van der Waals surface area contributed by atoms with Crippen molar-refractivity contribution < 1.29 is 13.2 Å². The maximum Gasteiger partial charge on any atom is 0.242 e. The second-order valence-electron chi connectivity index (χ2n) is 7.16. The molecule has 25 heavy (non-hydrogen) atoms. The Balaban J connectivity index is 2.00. The van der Waals surface area contributed by atoms with Crippen molar-refractivity contribution >= 4 is 37.5 Å². The highest BCUT2D eigenvalue weighted by Crippen LogP contribution is 2.40. The molecule has 2 aliphatic rings. The van der Waals surface area contributed by atoms with Crippen molar-refractivity contribution in [3.05, 3.63) is 22.2 Å². The van der Waals surface area contributed by atoms with Gasteiger partial charge in [-0.3, -0.25) is 4.79 Å². The van der Waals surface area contributed by atoms with Crippen molar-refractivity contribution in [3.8, 4) is 0 Å². The standard InChI is InChI=1S/C18H25BrN2O3S/c1-12-9-14-10-15(19)11-17(18(14)21(12)13(2)22)25(23,24)20-16-7-5-3-4-6-8-16/h10-12,16,20H,3-9H2,1-2H3. The summed E-state index contributed by atoms with van der Waals surface area (Å²) in [6.07, 6.45) is 6.87. The molecular formula is C18H25BrN2O3S. The molecule has 1 aromatic rings. The van der Waals surface area contributed by atoms with Crippen LogP contribution in [0.4, 0.5) is 5.69 Å². The highest BCUT2D eigenvalue weighted by Gasteiger charge is 2.36. The van der Waals surface area contributed by atoms with E-state index in [1.807, 2.05) is 13.0 Å². The van der Waals surface area contributed by atoms with E-state index in [-0.39, 0.29) is 22.9 Å². The number of amides is 1. The van der Waals surface area contributed by atoms with Gasteiger partial charge in [-0.25, -0.2) is 13.1 Å². The quantitative estimate of drug-likeness (QED) is 0.745. The molecule has 1 unspecified atom stereocenters. The summed E-state index contributed by atoms with van der Waals surface area (Å²) in [7, 11) is -3.69. The van der Waals surface area contributed by atoms with Gasteiger partial charge in [-0.05, 0) is 43.9 Å². The van der Waals surface area contributed by atoms with Crippen LogP contribution in [0.1, 0.15) is 57.9 Å². The summed E-state index contributed by atoms with van der Waals surface area (Å²) in [5, 5.41) is 0. The zero-order chi connectivity index (χ0) is 18.2. The number of benzene rings is 1. The Morgan fingerprint density at radius 2 is 1.84 bits per heavy atom. The van der Waals surface area contributed by atoms with Crippen LogP contribution in [0, 0.1) is 0 Å². The van der Waals surface area contributed by atoms with E-state index in [1.165, 1.54) is 19.8 Å². The maximum atomic E-state index is 13.1. The van der Waals surface area contributed by atoms with Crippen molar-refractivity contribution in [2.45, 2.75) is 75.8 Å². The fraction of sp³-hybridized carbons (Fsp3) is 0.611. The molecule has 0 aromatic heterocycles. The van der Waals surface area contributed by atoms with Crippen LogP contribution in [0.15, 0.2) is 21.5 Å². The zero-order valence-electron chi connectivity index (χ0n) is 14.7. The number of carbonyl (C=O) groups excluding carboxylic acids is 1. The van der Waals surface area contributed by atoms with E-state index in [0.29, 0.717) is 12.1 Å². The molecular weight excluding hydrogens is 404 g/mol. The summed E-state index contributed by atoms with van der Waals surface area (Å²) in [6.45, 7) is 3.44. The van der Waals surface area contributed by atoms with Crippen LogP contribution in [-0.2, 0) is 21.2 Å². The monoisotopic (exact) mass is 428 g/mol. The smallest absolute Gasteiger partial charge is 0.242 e. The minimum Gasteiger partial charge on any atom is -0.308 e. The van der Waals surface area contributed by atoms with E-state index >= 15 is 0 Å². The lowest BCUT2D eigenvalue weighted by Gasteiger charge is -2.24. The molecule has 1 fully saturated rings. The molecule has 0 spiro atoms. The van der Waals surface area contributed by atoms with Crippen molar-refractivity contribution in [2.75, 3.05) is 4.90 Å². The molecule has 1 amide bonds. The summed E-state index contributed by atoms with van der Waals surface area (Å²) in [6, 6.07) is 3.48. The Kier molecular flexibility index (Phi) is 5.56. The maximum absolute atomic E-state index is 13.1. The van der Waals surface area contributed by atoms with Gasteiger partial charge in [0.1, 0.15) is 4.90 Å². The molecule has 1 aliphatic heterocycles. The van der Waals surface area contributed by atoms with Crippen molar-refractivity contribution in [2.24, 2.45) is 0 Å². The van der Waals surface area contributed by atoms with Crippen LogP contribution >= 0.6 is 15.9 Å². The predicted octanol–water partition coefficient (Wildman–Crippen LogP) is 3.75. The van der Waals surface area contributed by atoms with Crippen LogP contribution in [-0.4, -0.2) is 26.4 Å². The van der Waals surface area contributed by atoms with Crippen LogP contribution in [0.3, 0.4) is 0 Å². The lowest BCUT2D eigenvalue weighted by atomic mass is 10.1. The van der Waals surface area contributed by atoms with Crippen molar-refractivity contribution in [1.82, 2.24) is 4.72 Å². The number of sulfonamides is 1. The topological polar surface area (TPSA) is 66.5 Å². The van der Waals surface area contributed by atoms with Gasteiger partial charge in [-0.2, -0.15) is 0 Å². The van der Waals surface area contributed by atoms with Gasteiger partial charge >= 0.3 is 0 Å². The summed E-state index contributed by atoms with van der Waals surface area (Å²) in [5.74, 6) is -0.125. The van der Waals surface area contributed by atoms with E-state index in [1.54, 1.807) is 11.0 Å². The van der Waals surface area contributed by atoms with E-state index in [0.717, 1.165) is 35.7 Å². The number of anilines is 1. The first-order valence-electron chi connectivity index (χ1n) is 8.94. The molecule has 0 saturated heterocycles. The number of hydrogen-bond acceptors (Lipinski definition) is 3. The normalized spacial score (nSPS) is 21.9. The van der Waals surface area contributed by atoms with Gasteiger partial charge in [-0.1, -0.05) is 41.6 Å². The molecule has 5 nitrogen and oxygen atoms in total. The van der Waals surface area contributed by atoms with E-state index in [9.17, 15) is 13.2 Å². The molecule has 1 N–H and O–H groups in total. The molecule has 1 aromatic carbocycles. The first-order valence-corrected chi connectivity index (χ1v) is 11.2. The molecule has 0 bridgehead atoms. The Hall–Kier alpha value is -0.920. The van der Waals surface area contributed by atoms with Gasteiger partial charge < -0.3 is 4.90 Å². The average Bonchev–Trinajstić information content (AvgIpc) is 2.68. The third kappa shape index (κ3) is 3.93. The Morgan fingerprint density at radius 3 is 2.44 bits per heavy atom. The van der Waals surface area contributed by atoms with Gasteiger partial charge in [0, 0.05) is 23.5 Å². The van der Waals surface area contributed by atoms with E-state index in [2.05, 4.69) is 20.7 Å². The molecule has 7 heteroatoms. The molecule has 1 aliphatic carbocycles. The van der Waals surface area contributed by atoms with E-state index in [4.69, 9.17) is 0 Å². The number of carbonyl (C=O) groups is 1. The average molecular weight is 429 g/mol.